The molecule has 0 aromatic heterocycles. The highest BCUT2D eigenvalue weighted by Gasteiger charge is 2.30. The van der Waals surface area contributed by atoms with Crippen molar-refractivity contribution in [1.82, 2.24) is 10.0 Å². The average Bonchev–Trinajstić information content (AvgIpc) is 2.86. The summed E-state index contributed by atoms with van der Waals surface area (Å²) in [6.07, 6.45) is 0.612. The van der Waals surface area contributed by atoms with Crippen molar-refractivity contribution in [1.29, 1.82) is 0 Å². The number of nitro benzene ring substituents is 1. The number of halogens is 1. The van der Waals surface area contributed by atoms with Crippen molar-refractivity contribution < 1.29 is 18.1 Å². The van der Waals surface area contributed by atoms with Gasteiger partial charge in [0.1, 0.15) is 11.1 Å². The monoisotopic (exact) mass is 529 g/mol. The van der Waals surface area contributed by atoms with Gasteiger partial charge >= 0.3 is 0 Å². The normalized spacial score (nSPS) is 12.5. The maximum atomic E-state index is 13.0. The maximum absolute atomic E-state index is 13.0. The first kappa shape index (κ1) is 27.3. The summed E-state index contributed by atoms with van der Waals surface area (Å²) in [4.78, 5) is 23.1. The number of hydrogen-bond acceptors (Lipinski definition) is 5. The Kier molecular flexibility index (Phi) is 9.19. The number of carbonyl (C=O) groups excluding carboxylic acids is 1. The third-order valence-corrected chi connectivity index (χ3v) is 7.55. The Morgan fingerprint density at radius 2 is 1.53 bits per heavy atom. The Balaban J connectivity index is 1.72. The van der Waals surface area contributed by atoms with Gasteiger partial charge in [0.2, 0.25) is 15.9 Å². The highest BCUT2D eigenvalue weighted by atomic mass is 35.5. The second kappa shape index (κ2) is 12.1. The minimum absolute atomic E-state index is 0.0523. The van der Waals surface area contributed by atoms with E-state index in [2.05, 4.69) is 10.0 Å². The highest BCUT2D eigenvalue weighted by Crippen LogP contribution is 2.28. The fraction of sp³-hybridized carbons (Fsp3) is 0.269. The van der Waals surface area contributed by atoms with Crippen molar-refractivity contribution in [2.75, 3.05) is 6.54 Å². The number of nitro groups is 1. The molecule has 0 radical (unpaired) electrons. The Labute approximate surface area is 215 Å². The van der Waals surface area contributed by atoms with Crippen molar-refractivity contribution in [2.24, 2.45) is 5.92 Å². The van der Waals surface area contributed by atoms with E-state index in [4.69, 9.17) is 11.6 Å². The number of hydrogen-bond donors (Lipinski definition) is 2. The van der Waals surface area contributed by atoms with Gasteiger partial charge in [0.25, 0.3) is 5.69 Å². The van der Waals surface area contributed by atoms with Crippen LogP contribution in [0.1, 0.15) is 37.3 Å². The average molecular weight is 530 g/mol. The Hall–Kier alpha value is -3.27. The van der Waals surface area contributed by atoms with Crippen LogP contribution in [0.4, 0.5) is 5.69 Å². The van der Waals surface area contributed by atoms with E-state index in [1.165, 1.54) is 0 Å². The molecule has 3 rings (SSSR count). The molecule has 3 aromatic rings. The second-order valence-corrected chi connectivity index (χ2v) is 10.8. The van der Waals surface area contributed by atoms with Crippen LogP contribution in [-0.2, 0) is 14.8 Å². The quantitative estimate of drug-likeness (QED) is 0.271. The molecule has 10 heteroatoms. The van der Waals surface area contributed by atoms with Gasteiger partial charge in [0.05, 0.1) is 9.82 Å². The number of nitrogens with zero attached hydrogens (tertiary/aromatic N) is 1. The molecule has 36 heavy (non-hydrogen) atoms. The molecule has 0 aliphatic heterocycles. The predicted octanol–water partition coefficient (Wildman–Crippen LogP) is 4.89. The maximum Gasteiger partial charge on any atom is 0.289 e. The van der Waals surface area contributed by atoms with E-state index in [0.29, 0.717) is 13.0 Å². The molecule has 0 spiro atoms. The van der Waals surface area contributed by atoms with Crippen LogP contribution in [0, 0.1) is 16.0 Å². The lowest BCUT2D eigenvalue weighted by atomic mass is 9.88. The van der Waals surface area contributed by atoms with Gasteiger partial charge < -0.3 is 5.32 Å². The molecule has 190 valence electrons. The second-order valence-electron chi connectivity index (χ2n) is 8.67. The Bertz CT molecular complexity index is 1260. The van der Waals surface area contributed by atoms with Crippen LogP contribution in [0.3, 0.4) is 0 Å². The van der Waals surface area contributed by atoms with Gasteiger partial charge in [-0.25, -0.2) is 8.42 Å². The van der Waals surface area contributed by atoms with Gasteiger partial charge in [-0.1, -0.05) is 86.1 Å². The van der Waals surface area contributed by atoms with E-state index < -0.39 is 32.6 Å². The molecular weight excluding hydrogens is 502 g/mol. The zero-order chi connectivity index (χ0) is 26.3. The first-order chi connectivity index (χ1) is 17.1. The fourth-order valence-electron chi connectivity index (χ4n) is 3.87. The molecule has 8 nitrogen and oxygen atoms in total. The van der Waals surface area contributed by atoms with Gasteiger partial charge in [0.15, 0.2) is 0 Å². The molecule has 0 saturated carbocycles. The molecule has 0 saturated heterocycles. The van der Waals surface area contributed by atoms with Crippen LogP contribution in [-0.4, -0.2) is 31.8 Å². The lowest BCUT2D eigenvalue weighted by Gasteiger charge is -2.23. The van der Waals surface area contributed by atoms with Crippen LogP contribution in [0.25, 0.3) is 0 Å². The summed E-state index contributed by atoms with van der Waals surface area (Å²) >= 11 is 5.80. The number of amides is 1. The third kappa shape index (κ3) is 6.90. The molecule has 1 atom stereocenters. The lowest BCUT2D eigenvalue weighted by Crippen LogP contribution is -2.49. The van der Waals surface area contributed by atoms with Gasteiger partial charge in [-0.15, -0.1) is 0 Å². The molecule has 0 bridgehead atoms. The van der Waals surface area contributed by atoms with Crippen LogP contribution >= 0.6 is 11.6 Å². The van der Waals surface area contributed by atoms with Crippen molar-refractivity contribution >= 4 is 33.2 Å². The Morgan fingerprint density at radius 1 is 0.972 bits per heavy atom. The van der Waals surface area contributed by atoms with E-state index in [0.717, 1.165) is 29.3 Å². The van der Waals surface area contributed by atoms with E-state index in [9.17, 15) is 23.3 Å². The van der Waals surface area contributed by atoms with E-state index in [1.54, 1.807) is 13.8 Å². The minimum Gasteiger partial charge on any atom is -0.355 e. The number of carbonyl (C=O) groups is 1. The number of sulfonamides is 1. The van der Waals surface area contributed by atoms with Gasteiger partial charge in [-0.05, 0) is 35.6 Å². The summed E-state index contributed by atoms with van der Waals surface area (Å²) < 4.78 is 28.3. The van der Waals surface area contributed by atoms with Crippen molar-refractivity contribution in [2.45, 2.75) is 37.1 Å². The number of rotatable bonds is 11. The molecule has 0 aliphatic rings. The topological polar surface area (TPSA) is 118 Å². The first-order valence-corrected chi connectivity index (χ1v) is 13.3. The fourth-order valence-corrected chi connectivity index (χ4v) is 5.42. The SMILES string of the molecule is CC(C)C(NS(=O)(=O)c1ccc(Cl)c([N+](=O)[O-])c1)C(=O)NCCC(c1ccccc1)c1ccccc1. The van der Waals surface area contributed by atoms with Gasteiger partial charge in [-0.2, -0.15) is 4.72 Å². The molecule has 0 fully saturated rings. The van der Waals surface area contributed by atoms with E-state index >= 15 is 0 Å². The smallest absolute Gasteiger partial charge is 0.289 e. The Morgan fingerprint density at radius 3 is 2.03 bits per heavy atom. The first-order valence-electron chi connectivity index (χ1n) is 11.4. The van der Waals surface area contributed by atoms with Crippen LogP contribution in [0.15, 0.2) is 83.8 Å². The summed E-state index contributed by atoms with van der Waals surface area (Å²) in [5, 5.41) is 13.8. The largest absolute Gasteiger partial charge is 0.355 e. The van der Waals surface area contributed by atoms with Crippen LogP contribution in [0.5, 0.6) is 0 Å². The number of nitrogens with one attached hydrogen (secondary N) is 2. The highest BCUT2D eigenvalue weighted by molar-refractivity contribution is 7.89. The van der Waals surface area contributed by atoms with Crippen molar-refractivity contribution in [3.63, 3.8) is 0 Å². The van der Waals surface area contributed by atoms with Gasteiger partial charge in [0, 0.05) is 18.5 Å². The molecule has 2 N–H and O–H groups in total. The van der Waals surface area contributed by atoms with Gasteiger partial charge in [-0.3, -0.25) is 14.9 Å². The zero-order valence-electron chi connectivity index (χ0n) is 19.9. The van der Waals surface area contributed by atoms with E-state index in [1.807, 2.05) is 60.7 Å². The zero-order valence-corrected chi connectivity index (χ0v) is 21.5. The minimum atomic E-state index is -4.22. The lowest BCUT2D eigenvalue weighted by molar-refractivity contribution is -0.384. The standard InChI is InChI=1S/C26H28ClN3O5S/c1-18(2)25(29-36(34,35)21-13-14-23(27)24(17-21)30(32)33)26(31)28-16-15-22(19-9-5-3-6-10-19)20-11-7-4-8-12-20/h3-14,17-18,22,25,29H,15-16H2,1-2H3,(H,28,31). The molecule has 1 amide bonds. The summed E-state index contributed by atoms with van der Waals surface area (Å²) in [6, 6.07) is 22.0. The predicted molar refractivity (Wildman–Crippen MR) is 139 cm³/mol. The molecule has 0 heterocycles. The number of benzene rings is 3. The third-order valence-electron chi connectivity index (χ3n) is 5.79. The van der Waals surface area contributed by atoms with E-state index in [-0.39, 0.29) is 21.8 Å². The summed E-state index contributed by atoms with van der Waals surface area (Å²) in [5.41, 5.74) is 1.70. The molecule has 1 unspecified atom stereocenters. The molecule has 3 aromatic carbocycles. The van der Waals surface area contributed by atoms with Crippen LogP contribution in [0.2, 0.25) is 5.02 Å². The molecule has 0 aliphatic carbocycles. The van der Waals surface area contributed by atoms with Crippen molar-refractivity contribution in [3.05, 3.63) is 105 Å². The van der Waals surface area contributed by atoms with Crippen molar-refractivity contribution in [3.8, 4) is 0 Å². The summed E-state index contributed by atoms with van der Waals surface area (Å²) in [5.74, 6) is -0.797. The summed E-state index contributed by atoms with van der Waals surface area (Å²) in [6.45, 7) is 3.76. The molecular formula is C26H28ClN3O5S. The van der Waals surface area contributed by atoms with Crippen LogP contribution < -0.4 is 10.0 Å². The summed E-state index contributed by atoms with van der Waals surface area (Å²) in [7, 11) is -4.22.